The monoisotopic (exact) mass is 453 g/mol. The van der Waals surface area contributed by atoms with Crippen molar-refractivity contribution in [3.8, 4) is 5.75 Å². The van der Waals surface area contributed by atoms with E-state index in [1.165, 1.54) is 18.1 Å². The van der Waals surface area contributed by atoms with Crippen molar-refractivity contribution < 1.29 is 13.2 Å². The number of nitrogens with zero attached hydrogens (tertiary/aromatic N) is 4. The summed E-state index contributed by atoms with van der Waals surface area (Å²) in [5.74, 6) is 1.25. The zero-order chi connectivity index (χ0) is 22.7. The third-order valence-corrected chi connectivity index (χ3v) is 7.08. The van der Waals surface area contributed by atoms with Crippen molar-refractivity contribution >= 4 is 27.3 Å². The van der Waals surface area contributed by atoms with Gasteiger partial charge in [-0.15, -0.1) is 0 Å². The molecule has 0 saturated carbocycles. The Bertz CT molecular complexity index is 1180. The average molecular weight is 454 g/mol. The minimum absolute atomic E-state index is 0.205. The maximum Gasteiger partial charge on any atom is 0.262 e. The Morgan fingerprint density at radius 1 is 0.906 bits per heavy atom. The van der Waals surface area contributed by atoms with Gasteiger partial charge in [-0.1, -0.05) is 18.2 Å². The van der Waals surface area contributed by atoms with E-state index in [1.807, 2.05) is 25.1 Å². The Morgan fingerprint density at radius 3 is 2.16 bits per heavy atom. The highest BCUT2D eigenvalue weighted by atomic mass is 32.2. The molecule has 1 aromatic heterocycles. The molecule has 168 valence electrons. The number of para-hydroxylation sites is 1. The van der Waals surface area contributed by atoms with Crippen LogP contribution in [0.25, 0.3) is 0 Å². The number of rotatable bonds is 6. The van der Waals surface area contributed by atoms with Crippen molar-refractivity contribution in [2.24, 2.45) is 0 Å². The van der Waals surface area contributed by atoms with Crippen LogP contribution < -0.4 is 19.3 Å². The molecule has 0 aliphatic carbocycles. The zero-order valence-corrected chi connectivity index (χ0v) is 19.3. The largest absolute Gasteiger partial charge is 0.496 e. The standard InChI is InChI=1S/C23H27N5O3S/c1-17-14-22(18(2)13-21(17)31-3)32(29,30)26-19-15-24-23(25-16-19)28-11-9-27(10-12-28)20-7-5-4-6-8-20/h4-8,13-16,26H,9-12H2,1-3H3. The topological polar surface area (TPSA) is 87.7 Å². The van der Waals surface area contributed by atoms with Gasteiger partial charge in [0.25, 0.3) is 10.0 Å². The van der Waals surface area contributed by atoms with Crippen LogP contribution in [0.2, 0.25) is 0 Å². The predicted octanol–water partition coefficient (Wildman–Crippen LogP) is 3.23. The van der Waals surface area contributed by atoms with Crippen LogP contribution in [0.5, 0.6) is 5.75 Å². The van der Waals surface area contributed by atoms with Crippen LogP contribution in [0.1, 0.15) is 11.1 Å². The van der Waals surface area contributed by atoms with Crippen LogP contribution in [0.3, 0.4) is 0 Å². The molecule has 0 radical (unpaired) electrons. The van der Waals surface area contributed by atoms with E-state index in [9.17, 15) is 8.42 Å². The lowest BCUT2D eigenvalue weighted by Gasteiger charge is -2.36. The number of hydrogen-bond acceptors (Lipinski definition) is 7. The zero-order valence-electron chi connectivity index (χ0n) is 18.4. The molecular weight excluding hydrogens is 426 g/mol. The first-order valence-corrected chi connectivity index (χ1v) is 11.9. The molecule has 3 aromatic rings. The minimum atomic E-state index is -3.77. The Kier molecular flexibility index (Phi) is 6.18. The molecule has 1 aliphatic rings. The van der Waals surface area contributed by atoms with E-state index in [0.717, 1.165) is 31.7 Å². The lowest BCUT2D eigenvalue weighted by Crippen LogP contribution is -2.47. The van der Waals surface area contributed by atoms with E-state index >= 15 is 0 Å². The van der Waals surface area contributed by atoms with Gasteiger partial charge in [-0.2, -0.15) is 0 Å². The Morgan fingerprint density at radius 2 is 1.53 bits per heavy atom. The molecule has 0 atom stereocenters. The second-order valence-electron chi connectivity index (χ2n) is 7.77. The fourth-order valence-corrected chi connectivity index (χ4v) is 5.16. The number of ether oxygens (including phenoxy) is 1. The maximum absolute atomic E-state index is 12.9. The molecule has 1 fully saturated rings. The van der Waals surface area contributed by atoms with Gasteiger partial charge in [0.1, 0.15) is 5.75 Å². The third kappa shape index (κ3) is 4.62. The van der Waals surface area contributed by atoms with Crippen molar-refractivity contribution in [2.75, 3.05) is 47.8 Å². The highest BCUT2D eigenvalue weighted by Crippen LogP contribution is 2.27. The van der Waals surface area contributed by atoms with Gasteiger partial charge in [0.2, 0.25) is 5.95 Å². The molecule has 0 bridgehead atoms. The van der Waals surface area contributed by atoms with Gasteiger partial charge in [0.05, 0.1) is 30.1 Å². The number of sulfonamides is 1. The number of piperazine rings is 1. The van der Waals surface area contributed by atoms with E-state index in [-0.39, 0.29) is 4.90 Å². The number of benzene rings is 2. The van der Waals surface area contributed by atoms with Gasteiger partial charge in [-0.25, -0.2) is 18.4 Å². The van der Waals surface area contributed by atoms with Crippen molar-refractivity contribution in [2.45, 2.75) is 18.7 Å². The first-order chi connectivity index (χ1) is 15.4. The van der Waals surface area contributed by atoms with Crippen LogP contribution in [0.4, 0.5) is 17.3 Å². The van der Waals surface area contributed by atoms with Gasteiger partial charge in [0, 0.05) is 31.9 Å². The highest BCUT2D eigenvalue weighted by molar-refractivity contribution is 7.92. The molecule has 1 N–H and O–H groups in total. The fourth-order valence-electron chi connectivity index (χ4n) is 3.82. The summed E-state index contributed by atoms with van der Waals surface area (Å²) in [6, 6.07) is 13.6. The van der Waals surface area contributed by atoms with Gasteiger partial charge >= 0.3 is 0 Å². The average Bonchev–Trinajstić information content (AvgIpc) is 2.81. The van der Waals surface area contributed by atoms with E-state index in [2.05, 4.69) is 36.6 Å². The molecule has 9 heteroatoms. The summed E-state index contributed by atoms with van der Waals surface area (Å²) in [6.07, 6.45) is 3.02. The van der Waals surface area contributed by atoms with E-state index < -0.39 is 10.0 Å². The summed E-state index contributed by atoms with van der Waals surface area (Å²) in [6.45, 7) is 6.89. The van der Waals surface area contributed by atoms with Gasteiger partial charge in [-0.3, -0.25) is 4.72 Å². The van der Waals surface area contributed by atoms with Crippen LogP contribution in [-0.2, 0) is 10.0 Å². The van der Waals surface area contributed by atoms with Crippen molar-refractivity contribution in [3.05, 3.63) is 66.0 Å². The molecule has 1 aliphatic heterocycles. The third-order valence-electron chi connectivity index (χ3n) is 5.56. The molecule has 8 nitrogen and oxygen atoms in total. The van der Waals surface area contributed by atoms with Crippen LogP contribution in [0, 0.1) is 13.8 Å². The number of aryl methyl sites for hydroxylation is 2. The molecule has 4 rings (SSSR count). The smallest absolute Gasteiger partial charge is 0.262 e. The van der Waals surface area contributed by atoms with Crippen molar-refractivity contribution in [1.29, 1.82) is 0 Å². The normalized spacial score (nSPS) is 14.3. The summed E-state index contributed by atoms with van der Waals surface area (Å²) in [4.78, 5) is 13.4. The first kappa shape index (κ1) is 21.9. The first-order valence-electron chi connectivity index (χ1n) is 10.4. The predicted molar refractivity (Wildman–Crippen MR) is 126 cm³/mol. The van der Waals surface area contributed by atoms with Gasteiger partial charge in [0.15, 0.2) is 0 Å². The highest BCUT2D eigenvalue weighted by Gasteiger charge is 2.21. The van der Waals surface area contributed by atoms with Crippen LogP contribution in [0.15, 0.2) is 59.8 Å². The van der Waals surface area contributed by atoms with Gasteiger partial charge in [-0.05, 0) is 49.2 Å². The number of nitrogens with one attached hydrogen (secondary N) is 1. The molecule has 0 spiro atoms. The number of aromatic nitrogens is 2. The van der Waals surface area contributed by atoms with Crippen LogP contribution in [-0.4, -0.2) is 51.7 Å². The minimum Gasteiger partial charge on any atom is -0.496 e. The number of anilines is 3. The second kappa shape index (κ2) is 9.04. The molecule has 1 saturated heterocycles. The van der Waals surface area contributed by atoms with Crippen molar-refractivity contribution in [3.63, 3.8) is 0 Å². The molecule has 0 unspecified atom stereocenters. The second-order valence-corrected chi connectivity index (χ2v) is 9.43. The molecule has 2 aromatic carbocycles. The summed E-state index contributed by atoms with van der Waals surface area (Å²) in [5, 5.41) is 0. The van der Waals surface area contributed by atoms with Gasteiger partial charge < -0.3 is 14.5 Å². The Hall–Kier alpha value is -3.33. The quantitative estimate of drug-likeness (QED) is 0.613. The molecule has 2 heterocycles. The van der Waals surface area contributed by atoms with E-state index in [4.69, 9.17) is 4.74 Å². The fraction of sp³-hybridized carbons (Fsp3) is 0.304. The Balaban J connectivity index is 1.43. The summed E-state index contributed by atoms with van der Waals surface area (Å²) in [5.41, 5.74) is 2.89. The lowest BCUT2D eigenvalue weighted by atomic mass is 10.1. The SMILES string of the molecule is COc1cc(C)c(S(=O)(=O)Nc2cnc(N3CCN(c4ccccc4)CC3)nc2)cc1C. The molecule has 0 amide bonds. The number of methoxy groups -OCH3 is 1. The van der Waals surface area contributed by atoms with E-state index in [1.54, 1.807) is 26.2 Å². The van der Waals surface area contributed by atoms with Crippen molar-refractivity contribution in [1.82, 2.24) is 9.97 Å². The van der Waals surface area contributed by atoms with E-state index in [0.29, 0.717) is 22.9 Å². The molecular formula is C23H27N5O3S. The molecule has 32 heavy (non-hydrogen) atoms. The number of hydrogen-bond donors (Lipinski definition) is 1. The summed E-state index contributed by atoms with van der Waals surface area (Å²) in [7, 11) is -2.21. The summed E-state index contributed by atoms with van der Waals surface area (Å²) >= 11 is 0. The maximum atomic E-state index is 12.9. The summed E-state index contributed by atoms with van der Waals surface area (Å²) < 4.78 is 33.7. The Labute approximate surface area is 188 Å². The lowest BCUT2D eigenvalue weighted by molar-refractivity contribution is 0.411. The van der Waals surface area contributed by atoms with Crippen LogP contribution >= 0.6 is 0 Å².